The maximum atomic E-state index is 9.83. The molecule has 1 aromatic carbocycles. The molecular weight excluding hydrogens is 316 g/mol. The van der Waals surface area contributed by atoms with Crippen molar-refractivity contribution in [3.05, 3.63) is 28.2 Å². The number of benzene rings is 1. The van der Waals surface area contributed by atoms with Gasteiger partial charge in [0.15, 0.2) is 0 Å². The summed E-state index contributed by atoms with van der Waals surface area (Å²) in [6.07, 6.45) is 1.86. The molecule has 3 nitrogen and oxygen atoms in total. The number of halogens is 1. The standard InChI is InChI=1S/C16H25BrN2O/c1-3-7-18-10-13-4-5-15(14(17)9-13)19-8-6-16(20)12(2)11-19/h4-5,9,12,16,18,20H,3,6-8,10-11H2,1-2H3. The third kappa shape index (κ3) is 3.96. The first kappa shape index (κ1) is 15.8. The first-order chi connectivity index (χ1) is 9.61. The molecule has 0 bridgehead atoms. The van der Waals surface area contributed by atoms with E-state index in [4.69, 9.17) is 0 Å². The van der Waals surface area contributed by atoms with Gasteiger partial charge in [0.05, 0.1) is 11.8 Å². The van der Waals surface area contributed by atoms with Gasteiger partial charge in [-0.3, -0.25) is 0 Å². The van der Waals surface area contributed by atoms with Crippen LogP contribution in [0.1, 0.15) is 32.3 Å². The molecular formula is C16H25BrN2O. The van der Waals surface area contributed by atoms with Gasteiger partial charge in [0.25, 0.3) is 0 Å². The Bertz CT molecular complexity index is 438. The third-order valence-electron chi connectivity index (χ3n) is 3.97. The highest BCUT2D eigenvalue weighted by atomic mass is 79.9. The molecule has 0 aromatic heterocycles. The fourth-order valence-electron chi connectivity index (χ4n) is 2.68. The minimum atomic E-state index is -0.150. The molecule has 1 aromatic rings. The number of aliphatic hydroxyl groups excluding tert-OH is 1. The first-order valence-electron chi connectivity index (χ1n) is 7.54. The lowest BCUT2D eigenvalue weighted by atomic mass is 9.96. The zero-order valence-corrected chi connectivity index (χ0v) is 14.0. The monoisotopic (exact) mass is 340 g/mol. The van der Waals surface area contributed by atoms with Crippen molar-refractivity contribution in [3.63, 3.8) is 0 Å². The summed E-state index contributed by atoms with van der Waals surface area (Å²) in [6, 6.07) is 6.59. The Kier molecular flexibility index (Phi) is 5.87. The molecule has 1 aliphatic rings. The number of rotatable bonds is 5. The highest BCUT2D eigenvalue weighted by molar-refractivity contribution is 9.10. The normalized spacial score (nSPS) is 23.1. The molecule has 1 heterocycles. The van der Waals surface area contributed by atoms with Crippen LogP contribution in [0.2, 0.25) is 0 Å². The summed E-state index contributed by atoms with van der Waals surface area (Å²) in [6.45, 7) is 8.12. The third-order valence-corrected chi connectivity index (χ3v) is 4.60. The molecule has 0 amide bonds. The first-order valence-corrected chi connectivity index (χ1v) is 8.33. The summed E-state index contributed by atoms with van der Waals surface area (Å²) in [5.74, 6) is 0.335. The summed E-state index contributed by atoms with van der Waals surface area (Å²) in [5.41, 5.74) is 2.54. The summed E-state index contributed by atoms with van der Waals surface area (Å²) >= 11 is 3.69. The van der Waals surface area contributed by atoms with Crippen molar-refractivity contribution in [1.29, 1.82) is 0 Å². The van der Waals surface area contributed by atoms with Crippen LogP contribution in [-0.2, 0) is 6.54 Å². The van der Waals surface area contributed by atoms with Gasteiger partial charge in [0, 0.05) is 24.1 Å². The topological polar surface area (TPSA) is 35.5 Å². The molecule has 112 valence electrons. The fourth-order valence-corrected chi connectivity index (χ4v) is 3.36. The minimum Gasteiger partial charge on any atom is -0.393 e. The van der Waals surface area contributed by atoms with Crippen LogP contribution >= 0.6 is 15.9 Å². The van der Waals surface area contributed by atoms with Gasteiger partial charge in [-0.2, -0.15) is 0 Å². The van der Waals surface area contributed by atoms with E-state index in [1.165, 1.54) is 11.3 Å². The Morgan fingerprint density at radius 3 is 2.90 bits per heavy atom. The molecule has 0 saturated carbocycles. The highest BCUT2D eigenvalue weighted by Crippen LogP contribution is 2.31. The summed E-state index contributed by atoms with van der Waals surface area (Å²) < 4.78 is 1.15. The van der Waals surface area contributed by atoms with Gasteiger partial charge in [0.1, 0.15) is 0 Å². The van der Waals surface area contributed by atoms with Gasteiger partial charge >= 0.3 is 0 Å². The average Bonchev–Trinajstić information content (AvgIpc) is 2.43. The number of aliphatic hydroxyl groups is 1. The summed E-state index contributed by atoms with van der Waals surface area (Å²) in [7, 11) is 0. The Hall–Kier alpha value is -0.580. The number of hydrogen-bond donors (Lipinski definition) is 2. The maximum absolute atomic E-state index is 9.83. The van der Waals surface area contributed by atoms with Crippen molar-refractivity contribution >= 4 is 21.6 Å². The molecule has 2 N–H and O–H groups in total. The second-order valence-corrected chi connectivity index (χ2v) is 6.60. The number of anilines is 1. The van der Waals surface area contributed by atoms with Crippen LogP contribution in [0.5, 0.6) is 0 Å². The molecule has 2 unspecified atom stereocenters. The van der Waals surface area contributed by atoms with Gasteiger partial charge in [-0.1, -0.05) is 19.9 Å². The SMILES string of the molecule is CCCNCc1ccc(N2CCC(O)C(C)C2)c(Br)c1. The van der Waals surface area contributed by atoms with Crippen molar-refractivity contribution in [1.82, 2.24) is 5.32 Å². The van der Waals surface area contributed by atoms with E-state index in [2.05, 4.69) is 58.2 Å². The number of piperidine rings is 1. The molecule has 1 aliphatic heterocycles. The van der Waals surface area contributed by atoms with Crippen LogP contribution in [0.3, 0.4) is 0 Å². The zero-order valence-electron chi connectivity index (χ0n) is 12.4. The smallest absolute Gasteiger partial charge is 0.0599 e. The van der Waals surface area contributed by atoms with E-state index in [0.717, 1.165) is 43.5 Å². The van der Waals surface area contributed by atoms with Gasteiger partial charge < -0.3 is 15.3 Å². The van der Waals surface area contributed by atoms with E-state index < -0.39 is 0 Å². The van der Waals surface area contributed by atoms with Crippen molar-refractivity contribution in [2.24, 2.45) is 5.92 Å². The average molecular weight is 341 g/mol. The van der Waals surface area contributed by atoms with Crippen LogP contribution in [-0.4, -0.2) is 30.8 Å². The molecule has 0 radical (unpaired) electrons. The molecule has 4 heteroatoms. The number of nitrogens with one attached hydrogen (secondary N) is 1. The Morgan fingerprint density at radius 2 is 2.25 bits per heavy atom. The van der Waals surface area contributed by atoms with Crippen LogP contribution < -0.4 is 10.2 Å². The second-order valence-electron chi connectivity index (χ2n) is 5.74. The predicted molar refractivity (Wildman–Crippen MR) is 88.1 cm³/mol. The van der Waals surface area contributed by atoms with Crippen LogP contribution in [0, 0.1) is 5.92 Å². The zero-order chi connectivity index (χ0) is 14.5. The minimum absolute atomic E-state index is 0.150. The largest absolute Gasteiger partial charge is 0.393 e. The Morgan fingerprint density at radius 1 is 1.45 bits per heavy atom. The maximum Gasteiger partial charge on any atom is 0.0599 e. The van der Waals surface area contributed by atoms with Crippen LogP contribution in [0.15, 0.2) is 22.7 Å². The van der Waals surface area contributed by atoms with Gasteiger partial charge in [-0.05, 0) is 58.9 Å². The van der Waals surface area contributed by atoms with Gasteiger partial charge in [-0.25, -0.2) is 0 Å². The van der Waals surface area contributed by atoms with Gasteiger partial charge in [-0.15, -0.1) is 0 Å². The van der Waals surface area contributed by atoms with E-state index in [0.29, 0.717) is 5.92 Å². The molecule has 2 rings (SSSR count). The molecule has 0 spiro atoms. The molecule has 1 fully saturated rings. The lowest BCUT2D eigenvalue weighted by Gasteiger charge is -2.36. The second kappa shape index (κ2) is 7.43. The van der Waals surface area contributed by atoms with Crippen molar-refractivity contribution in [2.45, 2.75) is 39.3 Å². The summed E-state index contributed by atoms with van der Waals surface area (Å²) in [4.78, 5) is 2.37. The van der Waals surface area contributed by atoms with E-state index in [-0.39, 0.29) is 6.10 Å². The van der Waals surface area contributed by atoms with E-state index in [1.54, 1.807) is 0 Å². The molecule has 0 aliphatic carbocycles. The highest BCUT2D eigenvalue weighted by Gasteiger charge is 2.25. The number of hydrogen-bond acceptors (Lipinski definition) is 3. The van der Waals surface area contributed by atoms with Crippen molar-refractivity contribution < 1.29 is 5.11 Å². The van der Waals surface area contributed by atoms with E-state index in [9.17, 15) is 5.11 Å². The van der Waals surface area contributed by atoms with Crippen molar-refractivity contribution in [2.75, 3.05) is 24.5 Å². The quantitative estimate of drug-likeness (QED) is 0.808. The summed E-state index contributed by atoms with van der Waals surface area (Å²) in [5, 5.41) is 13.3. The lowest BCUT2D eigenvalue weighted by molar-refractivity contribution is 0.0970. The van der Waals surface area contributed by atoms with Crippen LogP contribution in [0.25, 0.3) is 0 Å². The number of nitrogens with zero attached hydrogens (tertiary/aromatic N) is 1. The Labute approximate surface area is 130 Å². The van der Waals surface area contributed by atoms with E-state index >= 15 is 0 Å². The van der Waals surface area contributed by atoms with Crippen molar-refractivity contribution in [3.8, 4) is 0 Å². The predicted octanol–water partition coefficient (Wildman–Crippen LogP) is 3.16. The lowest BCUT2D eigenvalue weighted by Crippen LogP contribution is -2.42. The fraction of sp³-hybridized carbons (Fsp3) is 0.625. The Balaban J connectivity index is 2.02. The molecule has 1 saturated heterocycles. The van der Waals surface area contributed by atoms with E-state index in [1.807, 2.05) is 0 Å². The van der Waals surface area contributed by atoms with Gasteiger partial charge in [0.2, 0.25) is 0 Å². The molecule has 20 heavy (non-hydrogen) atoms. The molecule has 2 atom stereocenters. The van der Waals surface area contributed by atoms with Crippen LogP contribution in [0.4, 0.5) is 5.69 Å².